The summed E-state index contributed by atoms with van der Waals surface area (Å²) in [6.07, 6.45) is 9.45. The number of thioether (sulfide) groups is 1. The van der Waals surface area contributed by atoms with Crippen LogP contribution in [0.4, 0.5) is 0 Å². The smallest absolute Gasteiger partial charge is 0.255 e. The topological polar surface area (TPSA) is 62.3 Å². The maximum absolute atomic E-state index is 13.6. The molecule has 2 aromatic rings. The van der Waals surface area contributed by atoms with Crippen LogP contribution in [0.15, 0.2) is 48.8 Å². The van der Waals surface area contributed by atoms with E-state index >= 15 is 0 Å². The highest BCUT2D eigenvalue weighted by atomic mass is 32.2. The number of nitrogens with zero attached hydrogens (tertiary/aromatic N) is 2. The van der Waals surface area contributed by atoms with Crippen LogP contribution in [0, 0.1) is 12.8 Å². The molecule has 1 N–H and O–H groups in total. The van der Waals surface area contributed by atoms with Gasteiger partial charge in [0.1, 0.15) is 6.04 Å². The van der Waals surface area contributed by atoms with E-state index in [1.807, 2.05) is 48.2 Å². The molecule has 0 radical (unpaired) electrons. The molecular formula is C24H29N3O2S. The molecule has 0 spiro atoms. The lowest BCUT2D eigenvalue weighted by Crippen LogP contribution is -2.51. The van der Waals surface area contributed by atoms with E-state index in [4.69, 9.17) is 0 Å². The number of hydrogen-bond acceptors (Lipinski definition) is 4. The Kier molecular flexibility index (Phi) is 6.72. The summed E-state index contributed by atoms with van der Waals surface area (Å²) >= 11 is 1.78. The molecule has 0 bridgehead atoms. The van der Waals surface area contributed by atoms with Crippen molar-refractivity contribution in [2.24, 2.45) is 5.92 Å². The number of hydrogen-bond donors (Lipinski definition) is 1. The maximum Gasteiger partial charge on any atom is 0.255 e. The summed E-state index contributed by atoms with van der Waals surface area (Å²) in [5, 5.41) is 3.10. The largest absolute Gasteiger partial charge is 0.350 e. The lowest BCUT2D eigenvalue weighted by atomic mass is 9.88. The summed E-state index contributed by atoms with van der Waals surface area (Å²) < 4.78 is 0. The summed E-state index contributed by atoms with van der Waals surface area (Å²) in [5.74, 6) is 1.02. The molecule has 2 amide bonds. The summed E-state index contributed by atoms with van der Waals surface area (Å²) in [6.45, 7) is 2.39. The van der Waals surface area contributed by atoms with Gasteiger partial charge in [-0.25, -0.2) is 0 Å². The highest BCUT2D eigenvalue weighted by Gasteiger charge is 2.45. The Hall–Kier alpha value is -2.34. The SMILES string of the molecule is Cc1ccccc1C(=O)N1C(C(=O)NCc2cccnc2)CSC1C1CCCCC1. The number of carbonyl (C=O) groups is 2. The van der Waals surface area contributed by atoms with Gasteiger partial charge in [-0.1, -0.05) is 43.5 Å². The number of benzene rings is 1. The quantitative estimate of drug-likeness (QED) is 0.784. The Bertz CT molecular complexity index is 883. The Morgan fingerprint density at radius 1 is 1.13 bits per heavy atom. The van der Waals surface area contributed by atoms with Crippen LogP contribution in [-0.4, -0.2) is 38.9 Å². The van der Waals surface area contributed by atoms with Crippen molar-refractivity contribution in [2.45, 2.75) is 57.0 Å². The average Bonchev–Trinajstić information content (AvgIpc) is 3.24. The molecule has 1 aromatic heterocycles. The van der Waals surface area contributed by atoms with Gasteiger partial charge in [-0.2, -0.15) is 0 Å². The minimum Gasteiger partial charge on any atom is -0.350 e. The van der Waals surface area contributed by atoms with Gasteiger partial charge in [0, 0.05) is 30.3 Å². The van der Waals surface area contributed by atoms with Crippen molar-refractivity contribution in [3.8, 4) is 0 Å². The minimum atomic E-state index is -0.439. The fourth-order valence-electron chi connectivity index (χ4n) is 4.53. The van der Waals surface area contributed by atoms with Gasteiger partial charge in [-0.05, 0) is 48.9 Å². The van der Waals surface area contributed by atoms with Crippen LogP contribution < -0.4 is 5.32 Å². The molecule has 1 saturated carbocycles. The zero-order chi connectivity index (χ0) is 20.9. The molecule has 2 atom stereocenters. The molecule has 158 valence electrons. The van der Waals surface area contributed by atoms with Crippen molar-refractivity contribution in [3.05, 3.63) is 65.5 Å². The molecule has 1 aliphatic heterocycles. The van der Waals surface area contributed by atoms with Gasteiger partial charge < -0.3 is 10.2 Å². The molecule has 1 saturated heterocycles. The molecule has 1 aliphatic carbocycles. The second kappa shape index (κ2) is 9.65. The molecule has 4 rings (SSSR count). The van der Waals surface area contributed by atoms with Crippen LogP contribution in [0.2, 0.25) is 0 Å². The maximum atomic E-state index is 13.6. The zero-order valence-corrected chi connectivity index (χ0v) is 18.2. The van der Waals surface area contributed by atoms with E-state index in [0.717, 1.165) is 24.0 Å². The molecule has 30 heavy (non-hydrogen) atoms. The third kappa shape index (κ3) is 4.53. The molecule has 2 heterocycles. The number of carbonyl (C=O) groups excluding carboxylic acids is 2. The summed E-state index contributed by atoms with van der Waals surface area (Å²) in [6, 6.07) is 11.0. The fourth-order valence-corrected chi connectivity index (χ4v) is 6.17. The van der Waals surface area contributed by atoms with Crippen molar-refractivity contribution < 1.29 is 9.59 Å². The lowest BCUT2D eigenvalue weighted by Gasteiger charge is -2.35. The van der Waals surface area contributed by atoms with Crippen LogP contribution in [0.1, 0.15) is 53.6 Å². The molecule has 2 fully saturated rings. The lowest BCUT2D eigenvalue weighted by molar-refractivity contribution is -0.125. The molecular weight excluding hydrogens is 394 g/mol. The van der Waals surface area contributed by atoms with Crippen LogP contribution in [0.5, 0.6) is 0 Å². The van der Waals surface area contributed by atoms with Crippen LogP contribution >= 0.6 is 11.8 Å². The van der Waals surface area contributed by atoms with E-state index in [1.54, 1.807) is 24.2 Å². The van der Waals surface area contributed by atoms with Crippen molar-refractivity contribution in [2.75, 3.05) is 5.75 Å². The first-order valence-corrected chi connectivity index (χ1v) is 11.9. The van der Waals surface area contributed by atoms with Crippen LogP contribution in [0.25, 0.3) is 0 Å². The monoisotopic (exact) mass is 423 g/mol. The Morgan fingerprint density at radius 2 is 1.93 bits per heavy atom. The predicted octanol–water partition coefficient (Wildman–Crippen LogP) is 4.17. The van der Waals surface area contributed by atoms with Gasteiger partial charge in [-0.15, -0.1) is 11.8 Å². The highest BCUT2D eigenvalue weighted by Crippen LogP contribution is 2.41. The van der Waals surface area contributed by atoms with E-state index in [1.165, 1.54) is 19.3 Å². The predicted molar refractivity (Wildman–Crippen MR) is 120 cm³/mol. The van der Waals surface area contributed by atoms with Crippen molar-refractivity contribution in [1.29, 1.82) is 0 Å². The first kappa shape index (κ1) is 20.9. The number of pyridine rings is 1. The first-order valence-electron chi connectivity index (χ1n) is 10.8. The van der Waals surface area contributed by atoms with E-state index in [0.29, 0.717) is 23.8 Å². The van der Waals surface area contributed by atoms with Gasteiger partial charge >= 0.3 is 0 Å². The third-order valence-corrected chi connectivity index (χ3v) is 7.65. The number of aryl methyl sites for hydroxylation is 1. The Labute approximate surface area is 182 Å². The van der Waals surface area contributed by atoms with Crippen LogP contribution in [0.3, 0.4) is 0 Å². The third-order valence-electron chi connectivity index (χ3n) is 6.19. The van der Waals surface area contributed by atoms with Gasteiger partial charge in [0.25, 0.3) is 5.91 Å². The van der Waals surface area contributed by atoms with E-state index in [9.17, 15) is 9.59 Å². The van der Waals surface area contributed by atoms with Gasteiger partial charge in [-0.3, -0.25) is 14.6 Å². The van der Waals surface area contributed by atoms with E-state index < -0.39 is 6.04 Å². The van der Waals surface area contributed by atoms with Gasteiger partial charge in [0.2, 0.25) is 5.91 Å². The molecule has 6 heteroatoms. The van der Waals surface area contributed by atoms with E-state index in [-0.39, 0.29) is 17.2 Å². The highest BCUT2D eigenvalue weighted by molar-refractivity contribution is 8.00. The normalized spacial score (nSPS) is 22.1. The van der Waals surface area contributed by atoms with Crippen LogP contribution in [-0.2, 0) is 11.3 Å². The zero-order valence-electron chi connectivity index (χ0n) is 17.4. The second-order valence-electron chi connectivity index (χ2n) is 8.24. The number of nitrogens with one attached hydrogen (secondary N) is 1. The summed E-state index contributed by atoms with van der Waals surface area (Å²) in [5.41, 5.74) is 2.61. The van der Waals surface area contributed by atoms with Crippen molar-refractivity contribution in [3.63, 3.8) is 0 Å². The van der Waals surface area contributed by atoms with Gasteiger partial charge in [0.05, 0.1) is 5.37 Å². The molecule has 1 aromatic carbocycles. The number of amides is 2. The van der Waals surface area contributed by atoms with Crippen molar-refractivity contribution in [1.82, 2.24) is 15.2 Å². The molecule has 2 aliphatic rings. The Balaban J connectivity index is 1.55. The number of rotatable bonds is 5. The average molecular weight is 424 g/mol. The van der Waals surface area contributed by atoms with E-state index in [2.05, 4.69) is 10.3 Å². The minimum absolute atomic E-state index is 0.0183. The molecule has 5 nitrogen and oxygen atoms in total. The second-order valence-corrected chi connectivity index (χ2v) is 9.39. The summed E-state index contributed by atoms with van der Waals surface area (Å²) in [7, 11) is 0. The molecule has 2 unspecified atom stereocenters. The van der Waals surface area contributed by atoms with Gasteiger partial charge in [0.15, 0.2) is 0 Å². The number of aromatic nitrogens is 1. The Morgan fingerprint density at radius 3 is 2.67 bits per heavy atom. The standard InChI is InChI=1S/C24H29N3O2S/c1-17-8-5-6-12-20(17)23(29)27-21(16-30-24(27)19-10-3-2-4-11-19)22(28)26-15-18-9-7-13-25-14-18/h5-9,12-14,19,21,24H,2-4,10-11,15-16H2,1H3,(H,26,28). The van der Waals surface area contributed by atoms with Crippen molar-refractivity contribution >= 4 is 23.6 Å². The fraction of sp³-hybridized carbons (Fsp3) is 0.458. The first-order chi connectivity index (χ1) is 14.6. The summed E-state index contributed by atoms with van der Waals surface area (Å²) in [4.78, 5) is 32.8.